The lowest BCUT2D eigenvalue weighted by Gasteiger charge is -2.45. The predicted octanol–water partition coefficient (Wildman–Crippen LogP) is 2.22. The van der Waals surface area contributed by atoms with Gasteiger partial charge < -0.3 is 40.3 Å². The fourth-order valence-corrected chi connectivity index (χ4v) is 4.78. The first-order valence-corrected chi connectivity index (χ1v) is 13.4. The highest BCUT2D eigenvalue weighted by molar-refractivity contribution is 5.79. The fourth-order valence-electron chi connectivity index (χ4n) is 4.78. The van der Waals surface area contributed by atoms with E-state index in [-0.39, 0.29) is 31.7 Å². The highest BCUT2D eigenvalue weighted by Crippen LogP contribution is 2.37. The minimum absolute atomic E-state index is 0.0309. The Hall–Kier alpha value is -3.80. The van der Waals surface area contributed by atoms with Crippen molar-refractivity contribution in [2.75, 3.05) is 6.54 Å². The van der Waals surface area contributed by atoms with Crippen molar-refractivity contribution in [3.63, 3.8) is 0 Å². The Morgan fingerprint density at radius 2 is 1.59 bits per heavy atom. The molecule has 218 valence electrons. The Kier molecular flexibility index (Phi) is 9.74. The number of phenols is 1. The number of carbonyl (C=O) groups excluding carboxylic acids is 1. The number of aromatic hydroxyl groups is 1. The van der Waals surface area contributed by atoms with E-state index >= 15 is 0 Å². The molecule has 1 saturated heterocycles. The molecule has 6 atom stereocenters. The van der Waals surface area contributed by atoms with Crippen LogP contribution in [0.1, 0.15) is 24.5 Å². The van der Waals surface area contributed by atoms with Gasteiger partial charge >= 0.3 is 5.97 Å². The molecular weight excluding hydrogens is 530 g/mol. The maximum atomic E-state index is 12.5. The normalized spacial score (nSPS) is 23.9. The number of aliphatic hydroxyl groups excluding tert-OH is 3. The van der Waals surface area contributed by atoms with Gasteiger partial charge in [-0.2, -0.15) is 0 Å². The van der Waals surface area contributed by atoms with E-state index in [1.54, 1.807) is 73.7 Å². The molecule has 3 aromatic carbocycles. The highest BCUT2D eigenvalue weighted by atomic mass is 16.7. The number of aliphatic hydroxyl groups is 3. The van der Waals surface area contributed by atoms with Crippen molar-refractivity contribution < 1.29 is 44.6 Å². The topological polar surface area (TPSA) is 166 Å². The van der Waals surface area contributed by atoms with Crippen LogP contribution >= 0.6 is 0 Å². The minimum atomic E-state index is -2.23. The monoisotopic (exact) mass is 565 g/mol. The summed E-state index contributed by atoms with van der Waals surface area (Å²) in [7, 11) is 0. The molecule has 2 unspecified atom stereocenters. The van der Waals surface area contributed by atoms with Crippen molar-refractivity contribution in [1.82, 2.24) is 5.32 Å². The van der Waals surface area contributed by atoms with Crippen molar-refractivity contribution in [1.29, 1.82) is 0 Å². The average Bonchev–Trinajstić information content (AvgIpc) is 2.97. The van der Waals surface area contributed by atoms with Gasteiger partial charge in [-0.05, 0) is 34.4 Å². The summed E-state index contributed by atoms with van der Waals surface area (Å²) in [4.78, 5) is 24.8. The van der Waals surface area contributed by atoms with E-state index in [0.717, 1.165) is 16.7 Å². The van der Waals surface area contributed by atoms with E-state index in [1.165, 1.54) is 0 Å². The molecule has 0 aromatic heterocycles. The van der Waals surface area contributed by atoms with Crippen LogP contribution in [0.2, 0.25) is 0 Å². The third-order valence-corrected chi connectivity index (χ3v) is 7.33. The van der Waals surface area contributed by atoms with Crippen LogP contribution in [0.4, 0.5) is 0 Å². The van der Waals surface area contributed by atoms with Crippen molar-refractivity contribution in [3.05, 3.63) is 90.0 Å². The van der Waals surface area contributed by atoms with Gasteiger partial charge in [-0.15, -0.1) is 0 Å². The smallest absolute Gasteiger partial charge is 0.364 e. The third kappa shape index (κ3) is 7.49. The zero-order chi connectivity index (χ0) is 29.6. The van der Waals surface area contributed by atoms with Crippen LogP contribution in [0.3, 0.4) is 0 Å². The molecule has 0 radical (unpaired) electrons. The summed E-state index contributed by atoms with van der Waals surface area (Å²) < 4.78 is 11.4. The second kappa shape index (κ2) is 13.2. The highest BCUT2D eigenvalue weighted by Gasteiger charge is 2.54. The predicted molar refractivity (Wildman–Crippen MR) is 149 cm³/mol. The van der Waals surface area contributed by atoms with Gasteiger partial charge in [0.25, 0.3) is 5.79 Å². The molecule has 6 N–H and O–H groups in total. The molecule has 10 heteroatoms. The number of hydrogen-bond donors (Lipinski definition) is 6. The fraction of sp³-hybridized carbons (Fsp3) is 0.355. The first-order chi connectivity index (χ1) is 19.6. The van der Waals surface area contributed by atoms with Crippen molar-refractivity contribution in [2.45, 2.75) is 56.6 Å². The molecule has 0 saturated carbocycles. The van der Waals surface area contributed by atoms with E-state index in [4.69, 9.17) is 9.47 Å². The molecule has 1 aliphatic rings. The second-order valence-corrected chi connectivity index (χ2v) is 10.3. The van der Waals surface area contributed by atoms with Gasteiger partial charge in [0.05, 0.1) is 31.3 Å². The lowest BCUT2D eigenvalue weighted by molar-refractivity contribution is -0.320. The maximum Gasteiger partial charge on any atom is 0.364 e. The number of carboxylic acid groups (broad SMARTS) is 1. The Labute approximate surface area is 237 Å². The number of aliphatic carboxylic acids is 1. The number of rotatable bonds is 11. The zero-order valence-corrected chi connectivity index (χ0v) is 22.6. The number of benzene rings is 3. The van der Waals surface area contributed by atoms with Gasteiger partial charge in [-0.1, -0.05) is 73.7 Å². The molecule has 1 heterocycles. The van der Waals surface area contributed by atoms with Crippen LogP contribution in [0.5, 0.6) is 5.75 Å². The molecule has 41 heavy (non-hydrogen) atoms. The van der Waals surface area contributed by atoms with Crippen LogP contribution < -0.4 is 5.32 Å². The Morgan fingerprint density at radius 1 is 0.976 bits per heavy atom. The van der Waals surface area contributed by atoms with E-state index < -0.39 is 48.0 Å². The number of ether oxygens (including phenoxy) is 2. The van der Waals surface area contributed by atoms with Crippen molar-refractivity contribution >= 4 is 11.9 Å². The SMILES string of the molecule is C[C@H]1C(C(O)[C@H](O)CNC(=O)Cc2ccc(-c3ccc(O)cc3)cc2)O[C@@](OCc2ccccc2)(C(=O)O)C[C@H]1O. The van der Waals surface area contributed by atoms with E-state index in [2.05, 4.69) is 5.32 Å². The molecule has 3 aromatic rings. The molecule has 0 bridgehead atoms. The zero-order valence-electron chi connectivity index (χ0n) is 22.6. The first kappa shape index (κ1) is 30.2. The number of hydrogen-bond acceptors (Lipinski definition) is 8. The number of carbonyl (C=O) groups is 2. The molecule has 1 aliphatic heterocycles. The van der Waals surface area contributed by atoms with Crippen LogP contribution in [0, 0.1) is 5.92 Å². The van der Waals surface area contributed by atoms with E-state index in [1.807, 2.05) is 12.1 Å². The van der Waals surface area contributed by atoms with Crippen LogP contribution in [0.15, 0.2) is 78.9 Å². The van der Waals surface area contributed by atoms with Gasteiger partial charge in [0, 0.05) is 18.9 Å². The summed E-state index contributed by atoms with van der Waals surface area (Å²) in [6.07, 6.45) is -5.94. The number of amides is 1. The van der Waals surface area contributed by atoms with E-state index in [0.29, 0.717) is 5.56 Å². The van der Waals surface area contributed by atoms with Crippen LogP contribution in [-0.4, -0.2) is 74.2 Å². The molecule has 0 aliphatic carbocycles. The summed E-state index contributed by atoms with van der Waals surface area (Å²) in [5.41, 5.74) is 3.26. The van der Waals surface area contributed by atoms with Crippen molar-refractivity contribution in [3.8, 4) is 16.9 Å². The van der Waals surface area contributed by atoms with Gasteiger partial charge in [-0.3, -0.25) is 4.79 Å². The van der Waals surface area contributed by atoms with Gasteiger partial charge in [0.15, 0.2) is 0 Å². The van der Waals surface area contributed by atoms with Gasteiger partial charge in [0.2, 0.25) is 5.91 Å². The Bertz CT molecular complexity index is 1300. The van der Waals surface area contributed by atoms with Gasteiger partial charge in [-0.25, -0.2) is 4.79 Å². The standard InChI is InChI=1S/C31H35NO9/c1-19-25(34)16-31(30(38)39,40-18-21-5-3-2-4-6-21)41-29(19)28(37)26(35)17-32-27(36)15-20-7-9-22(10-8-20)23-11-13-24(33)14-12-23/h2-14,19,25-26,28-29,33-35,37H,15-18H2,1H3,(H,32,36)(H,38,39)/t19-,25-,26-,28?,29?,31-/m1/s1. The molecule has 4 rings (SSSR count). The Balaban J connectivity index is 1.34. The lowest BCUT2D eigenvalue weighted by Crippen LogP contribution is -2.61. The summed E-state index contributed by atoms with van der Waals surface area (Å²) in [5.74, 6) is -4.64. The van der Waals surface area contributed by atoms with E-state index in [9.17, 15) is 35.1 Å². The molecule has 0 spiro atoms. The molecular formula is C31H35NO9. The largest absolute Gasteiger partial charge is 0.508 e. The molecule has 1 amide bonds. The molecule has 1 fully saturated rings. The Morgan fingerprint density at radius 3 is 2.20 bits per heavy atom. The number of phenolic OH excluding ortho intramolecular Hbond substituents is 1. The minimum Gasteiger partial charge on any atom is -0.508 e. The quantitative estimate of drug-likeness (QED) is 0.204. The summed E-state index contributed by atoms with van der Waals surface area (Å²) in [5, 5.41) is 54.2. The van der Waals surface area contributed by atoms with Crippen molar-refractivity contribution in [2.24, 2.45) is 5.92 Å². The molecule has 10 nitrogen and oxygen atoms in total. The van der Waals surface area contributed by atoms with Crippen LogP contribution in [-0.2, 0) is 32.1 Å². The second-order valence-electron chi connectivity index (χ2n) is 10.3. The average molecular weight is 566 g/mol. The summed E-state index contributed by atoms with van der Waals surface area (Å²) >= 11 is 0. The number of carboxylic acids is 1. The summed E-state index contributed by atoms with van der Waals surface area (Å²) in [6, 6.07) is 22.9. The third-order valence-electron chi connectivity index (χ3n) is 7.33. The lowest BCUT2D eigenvalue weighted by atomic mass is 9.84. The first-order valence-electron chi connectivity index (χ1n) is 13.4. The van der Waals surface area contributed by atoms with Crippen LogP contribution in [0.25, 0.3) is 11.1 Å². The summed E-state index contributed by atoms with van der Waals surface area (Å²) in [6.45, 7) is 1.15. The van der Waals surface area contributed by atoms with Gasteiger partial charge in [0.1, 0.15) is 11.9 Å². The number of nitrogens with one attached hydrogen (secondary N) is 1. The maximum absolute atomic E-state index is 12.5.